The van der Waals surface area contributed by atoms with Gasteiger partial charge in [-0.05, 0) is 64.0 Å². The predicted octanol–water partition coefficient (Wildman–Crippen LogP) is 3.93. The number of rotatable bonds is 8. The summed E-state index contributed by atoms with van der Waals surface area (Å²) in [4.78, 5) is 34.7. The van der Waals surface area contributed by atoms with Crippen molar-refractivity contribution in [3.8, 4) is 5.75 Å². The zero-order chi connectivity index (χ0) is 28.9. The lowest BCUT2D eigenvalue weighted by molar-refractivity contribution is -0.137. The average Bonchev–Trinajstić information content (AvgIpc) is 2.90. The second-order valence-corrected chi connectivity index (χ2v) is 10.4. The fourth-order valence-corrected chi connectivity index (χ4v) is 5.15. The number of halogens is 3. The van der Waals surface area contributed by atoms with Crippen LogP contribution in [0.15, 0.2) is 24.4 Å². The highest BCUT2D eigenvalue weighted by Crippen LogP contribution is 2.36. The van der Waals surface area contributed by atoms with Crippen molar-refractivity contribution >= 4 is 29.3 Å². The molecule has 1 saturated heterocycles. The van der Waals surface area contributed by atoms with Gasteiger partial charge < -0.3 is 30.9 Å². The SMILES string of the molecule is COc1cc(C(=O)NC2CCN(C)CC2)ccc1Nc1ncc(C(F)(F)F)c(N[C@H]2CCCC[C@@H]2NC(C)=O)n1. The zero-order valence-corrected chi connectivity index (χ0v) is 22.9. The highest BCUT2D eigenvalue weighted by atomic mass is 19.4. The van der Waals surface area contributed by atoms with Crippen molar-refractivity contribution in [3.05, 3.63) is 35.5 Å². The number of benzene rings is 1. The van der Waals surface area contributed by atoms with Gasteiger partial charge in [-0.1, -0.05) is 12.8 Å². The first kappa shape index (κ1) is 29.4. The number of aromatic nitrogens is 2. The van der Waals surface area contributed by atoms with Gasteiger partial charge >= 0.3 is 6.18 Å². The van der Waals surface area contributed by atoms with Crippen LogP contribution < -0.4 is 26.0 Å². The predicted molar refractivity (Wildman–Crippen MR) is 145 cm³/mol. The van der Waals surface area contributed by atoms with Crippen molar-refractivity contribution in [1.82, 2.24) is 25.5 Å². The molecule has 1 aromatic heterocycles. The molecule has 1 saturated carbocycles. The molecule has 2 aromatic rings. The van der Waals surface area contributed by atoms with Gasteiger partial charge in [-0.3, -0.25) is 9.59 Å². The monoisotopic (exact) mass is 563 g/mol. The van der Waals surface area contributed by atoms with Crippen LogP contribution in [0.1, 0.15) is 61.4 Å². The Kier molecular flexibility index (Phi) is 9.33. The first-order valence-electron chi connectivity index (χ1n) is 13.5. The third-order valence-corrected chi connectivity index (χ3v) is 7.33. The molecule has 2 amide bonds. The van der Waals surface area contributed by atoms with Gasteiger partial charge in [-0.2, -0.15) is 18.2 Å². The molecule has 218 valence electrons. The van der Waals surface area contributed by atoms with Gasteiger partial charge in [-0.25, -0.2) is 4.98 Å². The second kappa shape index (κ2) is 12.7. The van der Waals surface area contributed by atoms with Crippen LogP contribution in [0.5, 0.6) is 5.75 Å². The highest BCUT2D eigenvalue weighted by Gasteiger charge is 2.37. The van der Waals surface area contributed by atoms with Gasteiger partial charge in [0.15, 0.2) is 0 Å². The van der Waals surface area contributed by atoms with Crippen LogP contribution in [0, 0.1) is 0 Å². The van der Waals surface area contributed by atoms with Crippen molar-refractivity contribution < 1.29 is 27.5 Å². The molecule has 0 spiro atoms. The van der Waals surface area contributed by atoms with E-state index in [9.17, 15) is 22.8 Å². The van der Waals surface area contributed by atoms with E-state index in [0.29, 0.717) is 29.8 Å². The number of hydrogen-bond acceptors (Lipinski definition) is 8. The van der Waals surface area contributed by atoms with Crippen molar-refractivity contribution in [2.75, 3.05) is 37.9 Å². The molecule has 1 aliphatic carbocycles. The summed E-state index contributed by atoms with van der Waals surface area (Å²) in [5, 5.41) is 11.7. The smallest absolute Gasteiger partial charge is 0.421 e. The van der Waals surface area contributed by atoms with Crippen molar-refractivity contribution in [3.63, 3.8) is 0 Å². The maximum absolute atomic E-state index is 13.8. The lowest BCUT2D eigenvalue weighted by atomic mass is 9.90. The first-order valence-corrected chi connectivity index (χ1v) is 13.5. The Bertz CT molecular complexity index is 1200. The molecule has 2 fully saturated rings. The summed E-state index contributed by atoms with van der Waals surface area (Å²) >= 11 is 0. The van der Waals surface area contributed by atoms with Gasteiger partial charge in [0.25, 0.3) is 5.91 Å². The molecule has 2 aliphatic rings. The molecule has 40 heavy (non-hydrogen) atoms. The molecule has 13 heteroatoms. The number of nitrogens with zero attached hydrogens (tertiary/aromatic N) is 3. The third kappa shape index (κ3) is 7.52. The number of ether oxygens (including phenoxy) is 1. The summed E-state index contributed by atoms with van der Waals surface area (Å²) in [5.74, 6) is -0.607. The summed E-state index contributed by atoms with van der Waals surface area (Å²) in [6.07, 6.45) is 0.717. The lowest BCUT2D eigenvalue weighted by Gasteiger charge is -2.33. The Morgan fingerprint density at radius 2 is 1.75 bits per heavy atom. The molecular formula is C27H36F3N7O3. The maximum atomic E-state index is 13.8. The van der Waals surface area contributed by atoms with Crippen LogP contribution in [0.2, 0.25) is 0 Å². The Balaban J connectivity index is 1.53. The largest absolute Gasteiger partial charge is 0.495 e. The van der Waals surface area contributed by atoms with E-state index in [-0.39, 0.29) is 35.7 Å². The van der Waals surface area contributed by atoms with Crippen molar-refractivity contribution in [1.29, 1.82) is 0 Å². The number of methoxy groups -OCH3 is 1. The minimum Gasteiger partial charge on any atom is -0.495 e. The number of carbonyl (C=O) groups excluding carboxylic acids is 2. The number of carbonyl (C=O) groups is 2. The number of anilines is 3. The van der Waals surface area contributed by atoms with E-state index in [1.165, 1.54) is 14.0 Å². The van der Waals surface area contributed by atoms with E-state index in [2.05, 4.69) is 36.1 Å². The Morgan fingerprint density at radius 3 is 2.40 bits per heavy atom. The van der Waals surface area contributed by atoms with Gasteiger partial charge in [0.1, 0.15) is 17.1 Å². The number of likely N-dealkylation sites (tertiary alicyclic amines) is 1. The van der Waals surface area contributed by atoms with Crippen LogP contribution >= 0.6 is 0 Å². The normalized spacial score (nSPS) is 20.4. The zero-order valence-electron chi connectivity index (χ0n) is 22.9. The number of hydrogen-bond donors (Lipinski definition) is 4. The average molecular weight is 564 g/mol. The fraction of sp³-hybridized carbons (Fsp3) is 0.556. The quantitative estimate of drug-likeness (QED) is 0.382. The minimum absolute atomic E-state index is 0.0794. The van der Waals surface area contributed by atoms with Gasteiger partial charge in [-0.15, -0.1) is 0 Å². The van der Waals surface area contributed by atoms with Crippen LogP contribution in [0.25, 0.3) is 0 Å². The lowest BCUT2D eigenvalue weighted by Crippen LogP contribution is -2.48. The van der Waals surface area contributed by atoms with Crippen molar-refractivity contribution in [2.24, 2.45) is 0 Å². The Hall–Kier alpha value is -3.61. The number of piperidine rings is 1. The standard InChI is InChI=1S/C27H36F3N7O3/c1-16(38)32-20-6-4-5-7-21(20)34-24-19(27(28,29)30)15-31-26(36-24)35-22-9-8-17(14-23(22)40-3)25(39)33-18-10-12-37(2)13-11-18/h8-9,14-15,18,20-21H,4-7,10-13H2,1-3H3,(H,32,38)(H,33,39)(H2,31,34,35,36)/t20-,21-/m0/s1. The topological polar surface area (TPSA) is 121 Å². The van der Waals surface area contributed by atoms with Crippen molar-refractivity contribution in [2.45, 2.75) is 69.8 Å². The molecule has 1 aliphatic heterocycles. The Morgan fingerprint density at radius 1 is 1.05 bits per heavy atom. The summed E-state index contributed by atoms with van der Waals surface area (Å²) in [6, 6.07) is 4.14. The van der Waals surface area contributed by atoms with E-state index in [1.54, 1.807) is 18.2 Å². The number of alkyl halides is 3. The highest BCUT2D eigenvalue weighted by molar-refractivity contribution is 5.95. The molecule has 2 heterocycles. The number of amides is 2. The molecule has 2 atom stereocenters. The summed E-state index contributed by atoms with van der Waals surface area (Å²) in [6.45, 7) is 3.21. The summed E-state index contributed by atoms with van der Waals surface area (Å²) in [7, 11) is 3.48. The molecule has 0 radical (unpaired) electrons. The van der Waals surface area contributed by atoms with Crippen LogP contribution in [-0.2, 0) is 11.0 Å². The molecule has 4 N–H and O–H groups in total. The number of nitrogens with one attached hydrogen (secondary N) is 4. The van der Waals surface area contributed by atoms with Gasteiger partial charge in [0.2, 0.25) is 11.9 Å². The van der Waals surface area contributed by atoms with Gasteiger partial charge in [0, 0.05) is 36.8 Å². The maximum Gasteiger partial charge on any atom is 0.421 e. The van der Waals surface area contributed by atoms with E-state index >= 15 is 0 Å². The third-order valence-electron chi connectivity index (χ3n) is 7.33. The molecule has 10 nitrogen and oxygen atoms in total. The molecule has 1 aromatic carbocycles. The van der Waals surface area contributed by atoms with E-state index < -0.39 is 17.8 Å². The molecule has 4 rings (SSSR count). The molecule has 0 bridgehead atoms. The molecular weight excluding hydrogens is 527 g/mol. The minimum atomic E-state index is -4.68. The summed E-state index contributed by atoms with van der Waals surface area (Å²) in [5.41, 5.74) is -0.214. The van der Waals surface area contributed by atoms with E-state index in [1.807, 2.05) is 7.05 Å². The Labute approximate surface area is 231 Å². The molecule has 0 unspecified atom stereocenters. The van der Waals surface area contributed by atoms with E-state index in [0.717, 1.165) is 45.0 Å². The first-order chi connectivity index (χ1) is 19.0. The van der Waals surface area contributed by atoms with E-state index in [4.69, 9.17) is 4.74 Å². The van der Waals surface area contributed by atoms with Crippen LogP contribution in [0.3, 0.4) is 0 Å². The van der Waals surface area contributed by atoms with Crippen LogP contribution in [0.4, 0.5) is 30.6 Å². The van der Waals surface area contributed by atoms with Gasteiger partial charge in [0.05, 0.1) is 12.8 Å². The second-order valence-electron chi connectivity index (χ2n) is 10.4. The van der Waals surface area contributed by atoms with Crippen LogP contribution in [-0.4, -0.2) is 72.1 Å². The fourth-order valence-electron chi connectivity index (χ4n) is 5.15. The summed E-state index contributed by atoms with van der Waals surface area (Å²) < 4.78 is 46.9.